The number of fused-ring (bicyclic) bond motifs is 1. The van der Waals surface area contributed by atoms with Gasteiger partial charge >= 0.3 is 0 Å². The maximum Gasteiger partial charge on any atom is 0.272 e. The summed E-state index contributed by atoms with van der Waals surface area (Å²) in [6.07, 6.45) is 1.51. The number of hydrogen-bond donors (Lipinski definition) is 2. The van der Waals surface area contributed by atoms with E-state index in [9.17, 15) is 9.90 Å². The molecule has 2 N–H and O–H groups in total. The van der Waals surface area contributed by atoms with Gasteiger partial charge in [-0.05, 0) is 61.7 Å². The quantitative estimate of drug-likeness (QED) is 0.258. The van der Waals surface area contributed by atoms with Gasteiger partial charge in [-0.2, -0.15) is 5.10 Å². The zero-order valence-corrected chi connectivity index (χ0v) is 18.7. The lowest BCUT2D eigenvalue weighted by Gasteiger charge is -2.09. The fourth-order valence-corrected chi connectivity index (χ4v) is 4.23. The van der Waals surface area contributed by atoms with Gasteiger partial charge in [0.25, 0.3) is 5.91 Å². The Bertz CT molecular complexity index is 1250. The van der Waals surface area contributed by atoms with Gasteiger partial charge in [-0.3, -0.25) is 4.79 Å². The Morgan fingerprint density at radius 2 is 1.63 bits per heavy atom. The number of carbonyl (C=O) groups excluding carboxylic acids is 1. The molecule has 5 nitrogen and oxygen atoms in total. The van der Waals surface area contributed by atoms with Crippen molar-refractivity contribution in [3.05, 3.63) is 92.9 Å². The van der Waals surface area contributed by atoms with Crippen LogP contribution in [0.4, 0.5) is 0 Å². The van der Waals surface area contributed by atoms with Crippen molar-refractivity contribution in [1.29, 1.82) is 0 Å². The van der Waals surface area contributed by atoms with E-state index in [0.717, 1.165) is 22.2 Å². The van der Waals surface area contributed by atoms with E-state index in [1.54, 1.807) is 18.2 Å². The normalized spacial score (nSPS) is 11.1. The van der Waals surface area contributed by atoms with Crippen LogP contribution < -0.4 is 5.43 Å². The number of benzene rings is 3. The number of phenols is 1. The molecule has 4 aromatic rings. The smallest absolute Gasteiger partial charge is 0.272 e. The first kappa shape index (κ1) is 20.3. The van der Waals surface area contributed by atoms with Crippen LogP contribution in [-0.2, 0) is 0 Å². The standard InChI is InChI=1S/C23H15Br2N3O2/c24-18-10-14(11-19(25)22(18)29)13-26-28-23(30)17-12-21(15-6-2-1-3-7-15)27-20-9-5-4-8-16(17)20/h1-13,29H,(H,28,30)/b26-13-. The van der Waals surface area contributed by atoms with Crippen LogP contribution in [0.1, 0.15) is 15.9 Å². The predicted octanol–water partition coefficient (Wildman–Crippen LogP) is 5.90. The van der Waals surface area contributed by atoms with E-state index < -0.39 is 0 Å². The molecule has 0 unspecified atom stereocenters. The molecule has 1 aromatic heterocycles. The molecule has 1 amide bonds. The number of nitrogens with one attached hydrogen (secondary N) is 1. The lowest BCUT2D eigenvalue weighted by molar-refractivity contribution is 0.0956. The molecule has 0 aliphatic heterocycles. The van der Waals surface area contributed by atoms with E-state index in [0.29, 0.717) is 20.1 Å². The molecule has 0 radical (unpaired) electrons. The fourth-order valence-electron chi connectivity index (χ4n) is 3.01. The number of nitrogens with zero attached hydrogens (tertiary/aromatic N) is 2. The Morgan fingerprint density at radius 3 is 2.37 bits per heavy atom. The molecule has 3 aromatic carbocycles. The van der Waals surface area contributed by atoms with Gasteiger partial charge in [0.2, 0.25) is 0 Å². The SMILES string of the molecule is O=C(N/N=C\c1cc(Br)c(O)c(Br)c1)c1cc(-c2ccccc2)nc2ccccc12. The second kappa shape index (κ2) is 8.77. The highest BCUT2D eigenvalue weighted by Gasteiger charge is 2.13. The van der Waals surface area contributed by atoms with Crippen LogP contribution in [0.5, 0.6) is 5.75 Å². The molecule has 148 valence electrons. The minimum Gasteiger partial charge on any atom is -0.506 e. The molecule has 0 spiro atoms. The van der Waals surface area contributed by atoms with Crippen LogP contribution >= 0.6 is 31.9 Å². The average Bonchev–Trinajstić information content (AvgIpc) is 2.77. The fraction of sp³-hybridized carbons (Fsp3) is 0. The van der Waals surface area contributed by atoms with E-state index in [1.165, 1.54) is 6.21 Å². The van der Waals surface area contributed by atoms with E-state index in [4.69, 9.17) is 4.98 Å². The molecule has 1 heterocycles. The van der Waals surface area contributed by atoms with Crippen LogP contribution in [-0.4, -0.2) is 22.2 Å². The molecule has 7 heteroatoms. The van der Waals surface area contributed by atoms with Gasteiger partial charge in [0, 0.05) is 10.9 Å². The van der Waals surface area contributed by atoms with E-state index >= 15 is 0 Å². The van der Waals surface area contributed by atoms with Gasteiger partial charge < -0.3 is 5.11 Å². The molecule has 0 aliphatic rings. The molecule has 0 fully saturated rings. The van der Waals surface area contributed by atoms with E-state index in [-0.39, 0.29) is 11.7 Å². The third-order valence-corrected chi connectivity index (χ3v) is 5.66. The molecule has 0 atom stereocenters. The van der Waals surface area contributed by atoms with Crippen molar-refractivity contribution in [2.24, 2.45) is 5.10 Å². The number of pyridine rings is 1. The number of aromatic nitrogens is 1. The monoisotopic (exact) mass is 523 g/mol. The Kier molecular flexibility index (Phi) is 5.92. The van der Waals surface area contributed by atoms with Crippen molar-refractivity contribution in [2.45, 2.75) is 0 Å². The zero-order valence-electron chi connectivity index (χ0n) is 15.5. The van der Waals surface area contributed by atoms with Crippen LogP contribution in [0, 0.1) is 0 Å². The summed E-state index contributed by atoms with van der Waals surface area (Å²) < 4.78 is 1.05. The summed E-state index contributed by atoms with van der Waals surface area (Å²) in [5.74, 6) is -0.230. The Morgan fingerprint density at radius 1 is 0.967 bits per heavy atom. The van der Waals surface area contributed by atoms with Gasteiger partial charge in [0.1, 0.15) is 5.75 Å². The van der Waals surface area contributed by atoms with E-state index in [2.05, 4.69) is 42.4 Å². The van der Waals surface area contributed by atoms with Crippen LogP contribution in [0.3, 0.4) is 0 Å². The lowest BCUT2D eigenvalue weighted by Crippen LogP contribution is -2.18. The summed E-state index contributed by atoms with van der Waals surface area (Å²) in [7, 11) is 0. The molecule has 30 heavy (non-hydrogen) atoms. The third-order valence-electron chi connectivity index (χ3n) is 4.45. The van der Waals surface area contributed by atoms with Gasteiger partial charge in [0.15, 0.2) is 0 Å². The van der Waals surface area contributed by atoms with Crippen LogP contribution in [0.25, 0.3) is 22.2 Å². The van der Waals surface area contributed by atoms with E-state index in [1.807, 2.05) is 54.6 Å². The Balaban J connectivity index is 1.66. The molecule has 0 saturated heterocycles. The summed E-state index contributed by atoms with van der Waals surface area (Å²) in [4.78, 5) is 17.6. The van der Waals surface area contributed by atoms with Crippen molar-refractivity contribution >= 4 is 54.9 Å². The molecule has 0 bridgehead atoms. The van der Waals surface area contributed by atoms with Gasteiger partial charge in [-0.1, -0.05) is 48.5 Å². The number of aromatic hydroxyl groups is 1. The average molecular weight is 525 g/mol. The molecule has 4 rings (SSSR count). The Hall–Kier alpha value is -3.03. The number of halogens is 2. The number of rotatable bonds is 4. The number of hydrazone groups is 1. The molecule has 0 saturated carbocycles. The van der Waals surface area contributed by atoms with Gasteiger partial charge in [0.05, 0.1) is 31.9 Å². The molecular weight excluding hydrogens is 510 g/mol. The molecule has 0 aliphatic carbocycles. The second-order valence-electron chi connectivity index (χ2n) is 6.47. The third kappa shape index (κ3) is 4.27. The van der Waals surface area contributed by atoms with Crippen molar-refractivity contribution in [2.75, 3.05) is 0 Å². The van der Waals surface area contributed by atoms with Crippen LogP contribution in [0.15, 0.2) is 86.8 Å². The van der Waals surface area contributed by atoms with Crippen LogP contribution in [0.2, 0.25) is 0 Å². The summed E-state index contributed by atoms with van der Waals surface area (Å²) in [5, 5.41) is 14.6. The minimum atomic E-state index is -0.334. The Labute approximate surface area is 189 Å². The van der Waals surface area contributed by atoms with Gasteiger partial charge in [-0.15, -0.1) is 0 Å². The number of phenolic OH excluding ortho intramolecular Hbond substituents is 1. The highest BCUT2D eigenvalue weighted by atomic mass is 79.9. The highest BCUT2D eigenvalue weighted by Crippen LogP contribution is 2.32. The summed E-state index contributed by atoms with van der Waals surface area (Å²) in [6.45, 7) is 0. The lowest BCUT2D eigenvalue weighted by atomic mass is 10.0. The van der Waals surface area contributed by atoms with Crippen molar-refractivity contribution in [1.82, 2.24) is 10.4 Å². The molecular formula is C23H15Br2N3O2. The highest BCUT2D eigenvalue weighted by molar-refractivity contribution is 9.11. The summed E-state index contributed by atoms with van der Waals surface area (Å²) in [5.41, 5.74) is 6.16. The largest absolute Gasteiger partial charge is 0.506 e. The van der Waals surface area contributed by atoms with Crippen molar-refractivity contribution in [3.63, 3.8) is 0 Å². The van der Waals surface area contributed by atoms with Crippen molar-refractivity contribution in [3.8, 4) is 17.0 Å². The summed E-state index contributed by atoms with van der Waals surface area (Å²) in [6, 6.07) is 22.4. The first-order chi connectivity index (χ1) is 14.5. The van der Waals surface area contributed by atoms with Crippen molar-refractivity contribution < 1.29 is 9.90 Å². The number of hydrogen-bond acceptors (Lipinski definition) is 4. The first-order valence-corrected chi connectivity index (χ1v) is 10.6. The topological polar surface area (TPSA) is 74.6 Å². The number of carbonyl (C=O) groups is 1. The predicted molar refractivity (Wildman–Crippen MR) is 126 cm³/mol. The number of para-hydroxylation sites is 1. The maximum absolute atomic E-state index is 12.9. The maximum atomic E-state index is 12.9. The first-order valence-electron chi connectivity index (χ1n) is 8.99. The minimum absolute atomic E-state index is 0.105. The second-order valence-corrected chi connectivity index (χ2v) is 8.18. The summed E-state index contributed by atoms with van der Waals surface area (Å²) >= 11 is 6.55. The zero-order chi connectivity index (χ0) is 21.1. The number of amides is 1. The van der Waals surface area contributed by atoms with Gasteiger partial charge in [-0.25, -0.2) is 10.4 Å².